The average molecular weight is 260 g/mol. The topological polar surface area (TPSA) is 95.5 Å². The zero-order valence-electron chi connectivity index (χ0n) is 9.40. The van der Waals surface area contributed by atoms with Crippen molar-refractivity contribution in [2.24, 2.45) is 0 Å². The number of nitrogens with one attached hydrogen (secondary N) is 2. The van der Waals surface area contributed by atoms with Crippen LogP contribution in [0.3, 0.4) is 0 Å². The molecule has 0 aromatic rings. The van der Waals surface area contributed by atoms with Gasteiger partial charge in [0, 0.05) is 6.04 Å². The summed E-state index contributed by atoms with van der Waals surface area (Å²) in [5.41, 5.74) is 0. The Kier molecular flexibility index (Phi) is 5.82. The molecule has 0 unspecified atom stereocenters. The number of carboxylic acids is 1. The standard InChI is InChI=1S/C10H16N2O4S/c13-8(5-17-6-9(14)15)12-10(16)11-7-3-1-2-4-7/h7H,1-6H2,(H,14,15)(H2,11,12,13,16). The Morgan fingerprint density at radius 3 is 2.41 bits per heavy atom. The van der Waals surface area contributed by atoms with Crippen LogP contribution in [0.15, 0.2) is 0 Å². The molecule has 17 heavy (non-hydrogen) atoms. The van der Waals surface area contributed by atoms with E-state index in [0.29, 0.717) is 0 Å². The first-order chi connectivity index (χ1) is 8.08. The van der Waals surface area contributed by atoms with Crippen molar-refractivity contribution >= 4 is 29.7 Å². The van der Waals surface area contributed by atoms with E-state index in [1.54, 1.807) is 0 Å². The summed E-state index contributed by atoms with van der Waals surface area (Å²) in [5.74, 6) is -1.60. The van der Waals surface area contributed by atoms with Crippen LogP contribution in [-0.4, -0.2) is 40.6 Å². The Morgan fingerprint density at radius 2 is 1.82 bits per heavy atom. The molecule has 0 bridgehead atoms. The normalized spacial score (nSPS) is 15.5. The SMILES string of the molecule is O=C(O)CSCC(=O)NC(=O)NC1CCCC1. The summed E-state index contributed by atoms with van der Waals surface area (Å²) in [5, 5.41) is 13.3. The lowest BCUT2D eigenvalue weighted by atomic mass is 10.2. The van der Waals surface area contributed by atoms with E-state index in [2.05, 4.69) is 10.6 Å². The Labute approximate surface area is 104 Å². The van der Waals surface area contributed by atoms with E-state index in [1.165, 1.54) is 0 Å². The molecule has 3 N–H and O–H groups in total. The van der Waals surface area contributed by atoms with Crippen LogP contribution in [0, 0.1) is 0 Å². The molecule has 0 aliphatic heterocycles. The van der Waals surface area contributed by atoms with Gasteiger partial charge in [0.2, 0.25) is 5.91 Å². The molecular weight excluding hydrogens is 244 g/mol. The molecule has 0 atom stereocenters. The summed E-state index contributed by atoms with van der Waals surface area (Å²) in [6.07, 6.45) is 4.12. The van der Waals surface area contributed by atoms with Crippen molar-refractivity contribution in [2.75, 3.05) is 11.5 Å². The maximum absolute atomic E-state index is 11.3. The number of rotatable bonds is 5. The van der Waals surface area contributed by atoms with Crippen LogP contribution >= 0.6 is 11.8 Å². The Bertz CT molecular complexity index is 303. The zero-order chi connectivity index (χ0) is 12.7. The van der Waals surface area contributed by atoms with E-state index >= 15 is 0 Å². The molecule has 96 valence electrons. The van der Waals surface area contributed by atoms with Gasteiger partial charge in [0.15, 0.2) is 0 Å². The summed E-state index contributed by atoms with van der Waals surface area (Å²) < 4.78 is 0. The second-order valence-electron chi connectivity index (χ2n) is 3.89. The molecular formula is C10H16N2O4S. The first-order valence-electron chi connectivity index (χ1n) is 5.48. The van der Waals surface area contributed by atoms with Gasteiger partial charge in [0.1, 0.15) is 0 Å². The van der Waals surface area contributed by atoms with E-state index in [0.717, 1.165) is 37.4 Å². The van der Waals surface area contributed by atoms with Gasteiger partial charge in [0.05, 0.1) is 11.5 Å². The van der Waals surface area contributed by atoms with E-state index in [-0.39, 0.29) is 17.5 Å². The Balaban J connectivity index is 2.12. The molecule has 0 saturated heterocycles. The molecule has 0 aromatic heterocycles. The molecule has 0 aromatic carbocycles. The quantitative estimate of drug-likeness (QED) is 0.671. The van der Waals surface area contributed by atoms with Crippen LogP contribution in [0.4, 0.5) is 4.79 Å². The monoisotopic (exact) mass is 260 g/mol. The molecule has 1 rings (SSSR count). The van der Waals surface area contributed by atoms with Crippen molar-refractivity contribution < 1.29 is 19.5 Å². The predicted molar refractivity (Wildman–Crippen MR) is 63.9 cm³/mol. The zero-order valence-corrected chi connectivity index (χ0v) is 10.2. The maximum atomic E-state index is 11.3. The van der Waals surface area contributed by atoms with E-state index < -0.39 is 17.9 Å². The van der Waals surface area contributed by atoms with Crippen molar-refractivity contribution in [3.05, 3.63) is 0 Å². The highest BCUT2D eigenvalue weighted by atomic mass is 32.2. The minimum atomic E-state index is -0.974. The molecule has 0 radical (unpaired) electrons. The van der Waals surface area contributed by atoms with Crippen LogP contribution in [0.25, 0.3) is 0 Å². The van der Waals surface area contributed by atoms with Gasteiger partial charge in [-0.1, -0.05) is 12.8 Å². The fraction of sp³-hybridized carbons (Fsp3) is 0.700. The number of carbonyl (C=O) groups is 3. The highest BCUT2D eigenvalue weighted by Crippen LogP contribution is 2.17. The number of carbonyl (C=O) groups excluding carboxylic acids is 2. The van der Waals surface area contributed by atoms with Crippen molar-refractivity contribution in [1.29, 1.82) is 0 Å². The lowest BCUT2D eigenvalue weighted by Gasteiger charge is -2.11. The third-order valence-corrected chi connectivity index (χ3v) is 3.32. The lowest BCUT2D eigenvalue weighted by Crippen LogP contribution is -2.44. The summed E-state index contributed by atoms with van der Waals surface area (Å²) in [6.45, 7) is 0. The van der Waals surface area contributed by atoms with Crippen molar-refractivity contribution in [3.8, 4) is 0 Å². The Hall–Kier alpha value is -1.24. The van der Waals surface area contributed by atoms with Crippen LogP contribution in [-0.2, 0) is 9.59 Å². The molecule has 1 fully saturated rings. The lowest BCUT2D eigenvalue weighted by molar-refractivity contribution is -0.133. The molecule has 0 spiro atoms. The van der Waals surface area contributed by atoms with Crippen molar-refractivity contribution in [2.45, 2.75) is 31.7 Å². The second kappa shape index (κ2) is 7.16. The van der Waals surface area contributed by atoms with Gasteiger partial charge >= 0.3 is 12.0 Å². The van der Waals surface area contributed by atoms with E-state index in [1.807, 2.05) is 0 Å². The summed E-state index contributed by atoms with van der Waals surface area (Å²) >= 11 is 0.963. The number of aliphatic carboxylic acids is 1. The number of hydrogen-bond acceptors (Lipinski definition) is 4. The number of imide groups is 1. The minimum Gasteiger partial charge on any atom is -0.481 e. The number of hydrogen-bond donors (Lipinski definition) is 3. The van der Waals surface area contributed by atoms with Gasteiger partial charge in [-0.3, -0.25) is 14.9 Å². The van der Waals surface area contributed by atoms with Crippen LogP contribution in [0.5, 0.6) is 0 Å². The van der Waals surface area contributed by atoms with Crippen LogP contribution in [0.1, 0.15) is 25.7 Å². The fourth-order valence-electron chi connectivity index (χ4n) is 1.69. The molecule has 1 aliphatic rings. The van der Waals surface area contributed by atoms with Gasteiger partial charge in [-0.2, -0.15) is 0 Å². The summed E-state index contributed by atoms with van der Waals surface area (Å²) in [7, 11) is 0. The van der Waals surface area contributed by atoms with Crippen molar-refractivity contribution in [1.82, 2.24) is 10.6 Å². The minimum absolute atomic E-state index is 0.0234. The van der Waals surface area contributed by atoms with Gasteiger partial charge in [-0.25, -0.2) is 4.79 Å². The van der Waals surface area contributed by atoms with Crippen LogP contribution in [0.2, 0.25) is 0 Å². The predicted octanol–water partition coefficient (Wildman–Crippen LogP) is 0.573. The molecule has 1 saturated carbocycles. The summed E-state index contributed by atoms with van der Waals surface area (Å²) in [6, 6.07) is -0.327. The first kappa shape index (κ1) is 13.8. The Morgan fingerprint density at radius 1 is 1.18 bits per heavy atom. The van der Waals surface area contributed by atoms with Gasteiger partial charge in [-0.15, -0.1) is 11.8 Å². The van der Waals surface area contributed by atoms with Crippen molar-refractivity contribution in [3.63, 3.8) is 0 Å². The smallest absolute Gasteiger partial charge is 0.321 e. The van der Waals surface area contributed by atoms with E-state index in [4.69, 9.17) is 5.11 Å². The largest absolute Gasteiger partial charge is 0.481 e. The molecule has 0 heterocycles. The molecule has 6 nitrogen and oxygen atoms in total. The average Bonchev–Trinajstić information content (AvgIpc) is 2.69. The molecule has 3 amide bonds. The van der Waals surface area contributed by atoms with Gasteiger partial charge in [-0.05, 0) is 12.8 Å². The number of thioether (sulfide) groups is 1. The van der Waals surface area contributed by atoms with E-state index in [9.17, 15) is 14.4 Å². The summed E-state index contributed by atoms with van der Waals surface area (Å²) in [4.78, 5) is 32.8. The second-order valence-corrected chi connectivity index (χ2v) is 4.88. The fourth-order valence-corrected chi connectivity index (χ4v) is 2.22. The third-order valence-electron chi connectivity index (χ3n) is 2.40. The number of carboxylic acid groups (broad SMARTS) is 1. The number of urea groups is 1. The highest BCUT2D eigenvalue weighted by molar-refractivity contribution is 8.00. The van der Waals surface area contributed by atoms with Gasteiger partial charge in [0.25, 0.3) is 0 Å². The molecule has 1 aliphatic carbocycles. The number of amides is 3. The third kappa shape index (κ3) is 6.15. The molecule has 7 heteroatoms. The first-order valence-corrected chi connectivity index (χ1v) is 6.63. The van der Waals surface area contributed by atoms with Gasteiger partial charge < -0.3 is 10.4 Å². The highest BCUT2D eigenvalue weighted by Gasteiger charge is 2.18. The van der Waals surface area contributed by atoms with Crippen LogP contribution < -0.4 is 10.6 Å². The maximum Gasteiger partial charge on any atom is 0.321 e.